The molecule has 13 heavy (non-hydrogen) atoms. The molecule has 0 aliphatic carbocycles. The molecule has 0 atom stereocenters. The fourth-order valence-corrected chi connectivity index (χ4v) is 0.546. The van der Waals surface area contributed by atoms with Gasteiger partial charge < -0.3 is 16.6 Å². The van der Waals surface area contributed by atoms with Crippen molar-refractivity contribution in [2.24, 2.45) is 11.5 Å². The van der Waals surface area contributed by atoms with Crippen LogP contribution in [0.15, 0.2) is 48.5 Å². The lowest BCUT2D eigenvalue weighted by Crippen LogP contribution is -1.87. The van der Waals surface area contributed by atoms with Crippen LogP contribution in [0.1, 0.15) is 0 Å². The Morgan fingerprint density at radius 1 is 1.08 bits per heavy atom. The van der Waals surface area contributed by atoms with Crippen molar-refractivity contribution in [1.82, 2.24) is 0 Å². The molecule has 0 rings (SSSR count). The van der Waals surface area contributed by atoms with Crippen molar-refractivity contribution in [1.29, 1.82) is 0 Å². The zero-order valence-corrected chi connectivity index (χ0v) is 7.05. The van der Waals surface area contributed by atoms with E-state index >= 15 is 0 Å². The van der Waals surface area contributed by atoms with Gasteiger partial charge in [-0.2, -0.15) is 0 Å². The van der Waals surface area contributed by atoms with Crippen molar-refractivity contribution in [3.05, 3.63) is 48.5 Å². The molecular weight excluding hydrogens is 168 g/mol. The number of ketones is 1. The summed E-state index contributed by atoms with van der Waals surface area (Å²) in [6.07, 6.45) is 8.86. The predicted octanol–water partition coefficient (Wildman–Crippen LogP) is 0.498. The van der Waals surface area contributed by atoms with Crippen molar-refractivity contribution in [3.63, 3.8) is 0 Å². The number of allylic oxidation sites excluding steroid dienone is 5. The second-order valence-corrected chi connectivity index (χ2v) is 2.07. The van der Waals surface area contributed by atoms with Gasteiger partial charge >= 0.3 is 0 Å². The van der Waals surface area contributed by atoms with Gasteiger partial charge in [-0.3, -0.25) is 4.79 Å². The molecule has 0 aliphatic heterocycles. The second-order valence-electron chi connectivity index (χ2n) is 2.07. The summed E-state index contributed by atoms with van der Waals surface area (Å²) in [6, 6.07) is 0. The molecule has 4 nitrogen and oxygen atoms in total. The van der Waals surface area contributed by atoms with Gasteiger partial charge in [-0.1, -0.05) is 6.08 Å². The summed E-state index contributed by atoms with van der Waals surface area (Å²) in [5, 5.41) is 8.98. The van der Waals surface area contributed by atoms with E-state index in [1.165, 1.54) is 36.6 Å². The lowest BCUT2D eigenvalue weighted by molar-refractivity contribution is -0.110. The van der Waals surface area contributed by atoms with Crippen LogP contribution < -0.4 is 11.5 Å². The molecule has 0 aromatic heterocycles. The molecule has 0 fully saturated rings. The Bertz CT molecular complexity index is 275. The van der Waals surface area contributed by atoms with Crippen LogP contribution in [0.4, 0.5) is 0 Å². The van der Waals surface area contributed by atoms with Gasteiger partial charge in [0, 0.05) is 6.08 Å². The number of aliphatic hydroxyl groups is 1. The number of hydrogen-bond donors (Lipinski definition) is 3. The Morgan fingerprint density at radius 2 is 1.69 bits per heavy atom. The highest BCUT2D eigenvalue weighted by atomic mass is 16.3. The smallest absolute Gasteiger partial charge is 0.180 e. The van der Waals surface area contributed by atoms with Crippen LogP contribution in [0.2, 0.25) is 0 Å². The van der Waals surface area contributed by atoms with Crippen LogP contribution in [0.5, 0.6) is 0 Å². The molecule has 0 radical (unpaired) electrons. The zero-order valence-electron chi connectivity index (χ0n) is 7.05. The molecule has 5 N–H and O–H groups in total. The Kier molecular flexibility index (Phi) is 5.70. The third-order valence-corrected chi connectivity index (χ3v) is 1.05. The molecular formula is C9H12N2O2. The van der Waals surface area contributed by atoms with E-state index in [2.05, 4.69) is 0 Å². The Hall–Kier alpha value is -1.97. The van der Waals surface area contributed by atoms with Gasteiger partial charge in [0.2, 0.25) is 0 Å². The molecule has 0 aliphatic rings. The summed E-state index contributed by atoms with van der Waals surface area (Å²) in [6.45, 7) is 0. The third kappa shape index (κ3) is 6.43. The van der Waals surface area contributed by atoms with Crippen molar-refractivity contribution in [3.8, 4) is 0 Å². The van der Waals surface area contributed by atoms with Gasteiger partial charge in [0.25, 0.3) is 0 Å². The minimum absolute atomic E-state index is 0.0247. The maximum atomic E-state index is 10.8. The van der Waals surface area contributed by atoms with Crippen molar-refractivity contribution in [2.75, 3.05) is 0 Å². The molecule has 70 valence electrons. The summed E-state index contributed by atoms with van der Waals surface area (Å²) in [4.78, 5) is 10.8. The topological polar surface area (TPSA) is 89.3 Å². The highest BCUT2D eigenvalue weighted by molar-refractivity contribution is 5.99. The fourth-order valence-electron chi connectivity index (χ4n) is 0.546. The number of nitrogens with two attached hydrogens (primary N) is 2. The molecule has 0 spiro atoms. The van der Waals surface area contributed by atoms with E-state index < -0.39 is 0 Å². The first-order chi connectivity index (χ1) is 6.20. The summed E-state index contributed by atoms with van der Waals surface area (Å²) in [5.74, 6) is -0.272. The maximum absolute atomic E-state index is 10.8. The summed E-state index contributed by atoms with van der Waals surface area (Å²) < 4.78 is 0. The Balaban J connectivity index is 4.14. The van der Waals surface area contributed by atoms with Gasteiger partial charge in [-0.15, -0.1) is 0 Å². The number of rotatable bonds is 4. The number of carbonyl (C=O) groups is 1. The average molecular weight is 180 g/mol. The predicted molar refractivity (Wildman–Crippen MR) is 51.5 cm³/mol. The van der Waals surface area contributed by atoms with E-state index in [1.807, 2.05) is 0 Å². The summed E-state index contributed by atoms with van der Waals surface area (Å²) in [7, 11) is 0. The fraction of sp³-hybridized carbons (Fsp3) is 0. The van der Waals surface area contributed by atoms with E-state index in [-0.39, 0.29) is 11.5 Å². The van der Waals surface area contributed by atoms with Crippen LogP contribution >= 0.6 is 0 Å². The number of aliphatic hydroxyl groups excluding tert-OH is 1. The Morgan fingerprint density at radius 3 is 2.23 bits per heavy atom. The van der Waals surface area contributed by atoms with Crippen molar-refractivity contribution in [2.45, 2.75) is 0 Å². The van der Waals surface area contributed by atoms with Crippen LogP contribution in [0.25, 0.3) is 0 Å². The lowest BCUT2D eigenvalue weighted by atomic mass is 10.3. The van der Waals surface area contributed by atoms with E-state index in [1.54, 1.807) is 0 Å². The van der Waals surface area contributed by atoms with Gasteiger partial charge in [-0.05, 0) is 30.6 Å². The minimum atomic E-state index is -0.247. The molecule has 0 unspecified atom stereocenters. The van der Waals surface area contributed by atoms with Crippen LogP contribution in [-0.4, -0.2) is 10.9 Å². The van der Waals surface area contributed by atoms with E-state index in [9.17, 15) is 4.79 Å². The summed E-state index contributed by atoms with van der Waals surface area (Å²) in [5.41, 5.74) is 9.99. The van der Waals surface area contributed by atoms with Gasteiger partial charge in [0.1, 0.15) is 5.76 Å². The van der Waals surface area contributed by atoms with E-state index in [0.29, 0.717) is 0 Å². The standard InChI is InChI=1S/C9H12N2O2/c10-6-4-8(12)2-1-3-9(13)5-7-11/h1-7,12H,10-11H2/b3-1+,6-4+,7-5-,8-2-. The van der Waals surface area contributed by atoms with E-state index in [0.717, 1.165) is 6.20 Å². The van der Waals surface area contributed by atoms with E-state index in [4.69, 9.17) is 16.6 Å². The highest BCUT2D eigenvalue weighted by Crippen LogP contribution is 1.90. The van der Waals surface area contributed by atoms with Crippen molar-refractivity contribution < 1.29 is 9.90 Å². The van der Waals surface area contributed by atoms with Crippen LogP contribution in [-0.2, 0) is 4.79 Å². The van der Waals surface area contributed by atoms with Crippen LogP contribution in [0.3, 0.4) is 0 Å². The zero-order chi connectivity index (χ0) is 10.1. The normalized spacial score (nSPS) is 13.4. The summed E-state index contributed by atoms with van der Waals surface area (Å²) >= 11 is 0. The molecule has 0 aromatic rings. The monoisotopic (exact) mass is 180 g/mol. The molecule has 0 saturated carbocycles. The van der Waals surface area contributed by atoms with Crippen LogP contribution in [0, 0.1) is 0 Å². The largest absolute Gasteiger partial charge is 0.508 e. The molecule has 0 bridgehead atoms. The number of carbonyl (C=O) groups excluding carboxylic acids is 1. The first-order valence-corrected chi connectivity index (χ1v) is 3.58. The second kappa shape index (κ2) is 6.72. The quantitative estimate of drug-likeness (QED) is 0.334. The van der Waals surface area contributed by atoms with Gasteiger partial charge in [0.05, 0.1) is 0 Å². The number of hydrogen-bond acceptors (Lipinski definition) is 4. The first kappa shape index (κ1) is 11.0. The van der Waals surface area contributed by atoms with Crippen molar-refractivity contribution >= 4 is 5.78 Å². The van der Waals surface area contributed by atoms with Gasteiger partial charge in [-0.25, -0.2) is 0 Å². The molecule has 0 heterocycles. The maximum Gasteiger partial charge on any atom is 0.180 e. The molecule has 0 saturated heterocycles. The first-order valence-electron chi connectivity index (χ1n) is 3.58. The SMILES string of the molecule is N/C=C\C(=O)/C=C/C=C(O)/C=C/N. The minimum Gasteiger partial charge on any atom is -0.508 e. The van der Waals surface area contributed by atoms with Gasteiger partial charge in [0.15, 0.2) is 5.78 Å². The molecule has 0 aromatic carbocycles. The highest BCUT2D eigenvalue weighted by Gasteiger charge is 1.85. The lowest BCUT2D eigenvalue weighted by Gasteiger charge is -1.85. The third-order valence-electron chi connectivity index (χ3n) is 1.05. The molecule has 0 amide bonds. The molecule has 4 heteroatoms. The Labute approximate surface area is 76.5 Å². The average Bonchev–Trinajstić information content (AvgIpc) is 2.05.